The van der Waals surface area contributed by atoms with Crippen molar-refractivity contribution in [2.75, 3.05) is 18.1 Å². The van der Waals surface area contributed by atoms with E-state index in [-0.39, 0.29) is 54.6 Å². The van der Waals surface area contributed by atoms with E-state index >= 15 is 0 Å². The number of benzene rings is 3. The summed E-state index contributed by atoms with van der Waals surface area (Å²) in [6, 6.07) is 20.0. The molecule has 3 heterocycles. The summed E-state index contributed by atoms with van der Waals surface area (Å²) < 4.78 is 6.56. The van der Waals surface area contributed by atoms with Crippen LogP contribution < -0.4 is 4.90 Å². The maximum absolute atomic E-state index is 13.4. The first-order chi connectivity index (χ1) is 19.7. The molecule has 8 heteroatoms. The number of aryl methyl sites for hydroxylation is 1. The number of carbonyl (C=O) groups is 2. The molecule has 3 aliphatic heterocycles. The third-order valence-electron chi connectivity index (χ3n) is 9.45. The fourth-order valence-corrected chi connectivity index (χ4v) is 10.2. The molecule has 216 valence electrons. The van der Waals surface area contributed by atoms with Crippen molar-refractivity contribution < 1.29 is 24.2 Å². The Morgan fingerprint density at radius 1 is 1.07 bits per heavy atom. The Hall–Kier alpha value is -3.04. The molecule has 0 unspecified atom stereocenters. The summed E-state index contributed by atoms with van der Waals surface area (Å²) in [5.74, 6) is 0.136. The molecule has 0 radical (unpaired) electrons. The Bertz CT molecular complexity index is 1460. The molecule has 0 spiro atoms. The molecule has 2 N–H and O–H groups in total. The zero-order valence-corrected chi connectivity index (χ0v) is 25.1. The average Bonchev–Trinajstić information content (AvgIpc) is 3.63. The molecule has 0 bridgehead atoms. The van der Waals surface area contributed by atoms with Crippen LogP contribution in [0.15, 0.2) is 60.7 Å². The second-order valence-corrected chi connectivity index (χ2v) is 16.5. The summed E-state index contributed by atoms with van der Waals surface area (Å²) >= 11 is 0. The Kier molecular flexibility index (Phi) is 7.53. The highest BCUT2D eigenvalue weighted by Crippen LogP contribution is 2.46. The maximum Gasteiger partial charge on any atom is 0.263 e. The number of anilines is 2. The number of nitrogens with zero attached hydrogens (tertiary/aromatic N) is 2. The zero-order chi connectivity index (χ0) is 28.9. The molecular weight excluding hydrogens is 532 g/mol. The van der Waals surface area contributed by atoms with Gasteiger partial charge < -0.3 is 19.5 Å². The van der Waals surface area contributed by atoms with Gasteiger partial charge in [0.15, 0.2) is 8.32 Å². The predicted molar refractivity (Wildman–Crippen MR) is 163 cm³/mol. The minimum Gasteiger partial charge on any atom is -0.432 e. The third-order valence-corrected chi connectivity index (χ3v) is 12.0. The molecule has 6 rings (SSSR count). The molecule has 3 aromatic carbocycles. The van der Waals surface area contributed by atoms with Gasteiger partial charge in [0.05, 0.1) is 42.5 Å². The van der Waals surface area contributed by atoms with E-state index in [2.05, 4.69) is 19.1 Å². The molecule has 5 atom stereocenters. The van der Waals surface area contributed by atoms with E-state index in [4.69, 9.17) is 4.74 Å². The SMILES string of the molecule is C[C@@H]1[C@@H]([Si](C)(C)O)[C@H](CC(=O)N2CCC[C@H]2CO)O[C@@H]1CCc1cccc(N2C(=O)c3cccc4cccc2c34)c1. The van der Waals surface area contributed by atoms with Gasteiger partial charge in [-0.15, -0.1) is 0 Å². The van der Waals surface area contributed by atoms with Crippen molar-refractivity contribution in [2.45, 2.75) is 75.9 Å². The molecule has 0 saturated carbocycles. The number of hydrogen-bond donors (Lipinski definition) is 2. The average molecular weight is 573 g/mol. The van der Waals surface area contributed by atoms with Gasteiger partial charge in [-0.1, -0.05) is 43.3 Å². The molecular formula is C33H40N2O5Si. The lowest BCUT2D eigenvalue weighted by Gasteiger charge is -2.31. The number of aliphatic hydroxyl groups excluding tert-OH is 1. The molecule has 0 aliphatic carbocycles. The summed E-state index contributed by atoms with van der Waals surface area (Å²) in [5.41, 5.74) is 3.58. The topological polar surface area (TPSA) is 90.3 Å². The highest BCUT2D eigenvalue weighted by molar-refractivity contribution is 6.71. The molecule has 2 amide bonds. The molecule has 3 aromatic rings. The van der Waals surface area contributed by atoms with Crippen LogP contribution in [0.5, 0.6) is 0 Å². The summed E-state index contributed by atoms with van der Waals surface area (Å²) in [5, 5.41) is 11.8. The summed E-state index contributed by atoms with van der Waals surface area (Å²) in [6.45, 7) is 6.70. The largest absolute Gasteiger partial charge is 0.432 e. The molecule has 3 aliphatic rings. The van der Waals surface area contributed by atoms with Crippen LogP contribution in [0, 0.1) is 5.92 Å². The number of ether oxygens (including phenoxy) is 1. The number of amides is 2. The monoisotopic (exact) mass is 572 g/mol. The van der Waals surface area contributed by atoms with Gasteiger partial charge in [-0.2, -0.15) is 0 Å². The highest BCUT2D eigenvalue weighted by Gasteiger charge is 2.50. The van der Waals surface area contributed by atoms with Crippen LogP contribution in [0.2, 0.25) is 18.6 Å². The quantitative estimate of drug-likeness (QED) is 0.353. The van der Waals surface area contributed by atoms with Gasteiger partial charge in [-0.05, 0) is 79.9 Å². The predicted octanol–water partition coefficient (Wildman–Crippen LogP) is 5.41. The summed E-state index contributed by atoms with van der Waals surface area (Å²) in [7, 11) is -2.61. The Labute approximate surface area is 242 Å². The van der Waals surface area contributed by atoms with Crippen LogP contribution in [-0.2, 0) is 16.0 Å². The number of hydrogen-bond acceptors (Lipinski definition) is 5. The molecule has 7 nitrogen and oxygen atoms in total. The summed E-state index contributed by atoms with van der Waals surface area (Å²) in [4.78, 5) is 41.5. The van der Waals surface area contributed by atoms with Gasteiger partial charge in [0.25, 0.3) is 5.91 Å². The fraction of sp³-hybridized carbons (Fsp3) is 0.455. The first-order valence-corrected chi connectivity index (χ1v) is 17.9. The van der Waals surface area contributed by atoms with Crippen molar-refractivity contribution in [3.05, 3.63) is 71.8 Å². The van der Waals surface area contributed by atoms with E-state index in [1.807, 2.05) is 66.5 Å². The van der Waals surface area contributed by atoms with E-state index in [0.717, 1.165) is 59.0 Å². The maximum atomic E-state index is 13.4. The normalized spacial score (nSPS) is 26.0. The third kappa shape index (κ3) is 5.12. The first-order valence-electron chi connectivity index (χ1n) is 14.9. The van der Waals surface area contributed by atoms with E-state index in [1.165, 1.54) is 0 Å². The van der Waals surface area contributed by atoms with E-state index in [0.29, 0.717) is 6.54 Å². The minimum atomic E-state index is -2.61. The number of aliphatic hydroxyl groups is 1. The van der Waals surface area contributed by atoms with Crippen LogP contribution in [0.3, 0.4) is 0 Å². The standard InChI is InChI=1S/C33H40N2O5Si/c1-21-28(40-29(32(21)41(2,3)39)19-30(37)34-17-7-12-25(34)20-36)16-15-22-8-4-11-24(18-22)35-27-14-6-10-23-9-5-13-26(31(23)27)33(35)38/h4-6,8-11,13-14,18,21,25,28-29,32,36,39H,7,12,15-17,19-20H2,1-3H3/t21-,25-,28+,29-,32+/m0/s1. The van der Waals surface area contributed by atoms with Crippen molar-refractivity contribution in [3.63, 3.8) is 0 Å². The van der Waals surface area contributed by atoms with Crippen molar-refractivity contribution in [2.24, 2.45) is 5.92 Å². The van der Waals surface area contributed by atoms with Crippen LogP contribution >= 0.6 is 0 Å². The lowest BCUT2D eigenvalue weighted by atomic mass is 9.95. The molecule has 2 saturated heterocycles. The second-order valence-electron chi connectivity index (χ2n) is 12.6. The Morgan fingerprint density at radius 2 is 1.83 bits per heavy atom. The van der Waals surface area contributed by atoms with E-state index in [9.17, 15) is 19.5 Å². The van der Waals surface area contributed by atoms with Gasteiger partial charge in [0.1, 0.15) is 0 Å². The van der Waals surface area contributed by atoms with Crippen molar-refractivity contribution >= 4 is 42.3 Å². The van der Waals surface area contributed by atoms with Gasteiger partial charge in [0, 0.05) is 23.2 Å². The lowest BCUT2D eigenvalue weighted by molar-refractivity contribution is -0.135. The number of likely N-dealkylation sites (tertiary alicyclic amines) is 1. The summed E-state index contributed by atoms with van der Waals surface area (Å²) in [6.07, 6.45) is 3.14. The van der Waals surface area contributed by atoms with E-state index in [1.54, 1.807) is 4.90 Å². The van der Waals surface area contributed by atoms with E-state index < -0.39 is 8.32 Å². The van der Waals surface area contributed by atoms with Crippen molar-refractivity contribution in [1.29, 1.82) is 0 Å². The Balaban J connectivity index is 1.17. The number of carbonyl (C=O) groups excluding carboxylic acids is 2. The van der Waals surface area contributed by atoms with Gasteiger partial charge >= 0.3 is 0 Å². The van der Waals surface area contributed by atoms with Crippen molar-refractivity contribution in [1.82, 2.24) is 4.90 Å². The highest BCUT2D eigenvalue weighted by atomic mass is 28.4. The van der Waals surface area contributed by atoms with Crippen LogP contribution in [0.25, 0.3) is 10.8 Å². The molecule has 0 aromatic heterocycles. The lowest BCUT2D eigenvalue weighted by Crippen LogP contribution is -2.43. The number of rotatable bonds is 8. The van der Waals surface area contributed by atoms with Crippen LogP contribution in [-0.4, -0.2) is 66.3 Å². The van der Waals surface area contributed by atoms with Crippen LogP contribution in [0.4, 0.5) is 11.4 Å². The van der Waals surface area contributed by atoms with Crippen LogP contribution in [0.1, 0.15) is 48.5 Å². The fourth-order valence-electron chi connectivity index (χ4n) is 7.58. The van der Waals surface area contributed by atoms with Crippen molar-refractivity contribution in [3.8, 4) is 0 Å². The van der Waals surface area contributed by atoms with Gasteiger partial charge in [0.2, 0.25) is 5.91 Å². The smallest absolute Gasteiger partial charge is 0.263 e. The zero-order valence-electron chi connectivity index (χ0n) is 24.1. The first kappa shape index (κ1) is 28.1. The molecule has 41 heavy (non-hydrogen) atoms. The molecule has 2 fully saturated rings. The minimum absolute atomic E-state index is 0.00590. The Morgan fingerprint density at radius 3 is 2.59 bits per heavy atom. The van der Waals surface area contributed by atoms with Gasteiger partial charge in [-0.3, -0.25) is 14.5 Å². The second kappa shape index (κ2) is 11.0. The van der Waals surface area contributed by atoms with Gasteiger partial charge in [-0.25, -0.2) is 0 Å².